The lowest BCUT2D eigenvalue weighted by Crippen LogP contribution is -2.36. The maximum Gasteiger partial charge on any atom is 0.227 e. The van der Waals surface area contributed by atoms with Gasteiger partial charge in [-0.2, -0.15) is 4.98 Å². The van der Waals surface area contributed by atoms with Gasteiger partial charge in [0, 0.05) is 24.9 Å². The van der Waals surface area contributed by atoms with Crippen molar-refractivity contribution in [2.45, 2.75) is 31.7 Å². The number of aromatic nitrogens is 2. The number of carbonyl (C=O) groups is 1. The predicted molar refractivity (Wildman–Crippen MR) is 111 cm³/mol. The molecule has 1 amide bonds. The number of aryl methyl sites for hydroxylation is 1. The molecule has 1 aliphatic heterocycles. The summed E-state index contributed by atoms with van der Waals surface area (Å²) in [4.78, 5) is 19.2. The fraction of sp³-hybridized carbons (Fsp3) is 0.348. The first-order chi connectivity index (χ1) is 14.7. The highest BCUT2D eigenvalue weighted by atomic mass is 19.1. The summed E-state index contributed by atoms with van der Waals surface area (Å²) in [6, 6.07) is 16.4. The van der Waals surface area contributed by atoms with Crippen molar-refractivity contribution in [2.75, 3.05) is 19.6 Å². The van der Waals surface area contributed by atoms with E-state index < -0.39 is 0 Å². The molecule has 0 unspecified atom stereocenters. The van der Waals surface area contributed by atoms with Gasteiger partial charge in [-0.15, -0.1) is 0 Å². The van der Waals surface area contributed by atoms with Crippen molar-refractivity contribution in [1.82, 2.24) is 20.4 Å². The van der Waals surface area contributed by atoms with Crippen molar-refractivity contribution < 1.29 is 13.7 Å². The third-order valence-electron chi connectivity index (χ3n) is 5.39. The molecule has 0 radical (unpaired) electrons. The van der Waals surface area contributed by atoms with Gasteiger partial charge in [0.2, 0.25) is 17.6 Å². The van der Waals surface area contributed by atoms with Gasteiger partial charge in [0.05, 0.1) is 6.04 Å². The fourth-order valence-electron chi connectivity index (χ4n) is 3.78. The topological polar surface area (TPSA) is 71.3 Å². The van der Waals surface area contributed by atoms with Crippen LogP contribution in [-0.4, -0.2) is 40.6 Å². The lowest BCUT2D eigenvalue weighted by Gasteiger charge is -2.28. The second kappa shape index (κ2) is 9.63. The van der Waals surface area contributed by atoms with E-state index in [0.717, 1.165) is 13.1 Å². The van der Waals surface area contributed by atoms with Crippen LogP contribution < -0.4 is 5.32 Å². The fourth-order valence-corrected chi connectivity index (χ4v) is 3.78. The maximum atomic E-state index is 13.0. The molecule has 1 fully saturated rings. The zero-order valence-electron chi connectivity index (χ0n) is 16.8. The number of hydrogen-bond acceptors (Lipinski definition) is 5. The number of carbonyl (C=O) groups excluding carboxylic acids is 1. The minimum atomic E-state index is -0.318. The summed E-state index contributed by atoms with van der Waals surface area (Å²) in [5.41, 5.74) is 1.90. The van der Waals surface area contributed by atoms with Crippen LogP contribution in [0.1, 0.15) is 36.8 Å². The molecule has 156 valence electrons. The van der Waals surface area contributed by atoms with E-state index in [1.807, 2.05) is 18.2 Å². The predicted octanol–water partition coefficient (Wildman–Crippen LogP) is 3.76. The van der Waals surface area contributed by atoms with E-state index >= 15 is 0 Å². The molecule has 7 heteroatoms. The largest absolute Gasteiger partial charge is 0.354 e. The Bertz CT molecular complexity index is 953. The summed E-state index contributed by atoms with van der Waals surface area (Å²) < 4.78 is 18.3. The Morgan fingerprint density at radius 2 is 1.83 bits per heavy atom. The zero-order chi connectivity index (χ0) is 20.8. The molecular weight excluding hydrogens is 383 g/mol. The van der Waals surface area contributed by atoms with Crippen molar-refractivity contribution in [2.24, 2.45) is 0 Å². The highest BCUT2D eigenvalue weighted by Crippen LogP contribution is 2.24. The standard InChI is InChI=1S/C23H25FN4O2/c24-19-10-8-18(9-11-19)23-26-22(30-27-23)13-12-21(29)25-16-20(28-14-4-5-15-28)17-6-2-1-3-7-17/h1-3,6-11,20H,4-5,12-16H2,(H,25,29)/t20-/m0/s1. The van der Waals surface area contributed by atoms with Crippen LogP contribution in [0.4, 0.5) is 4.39 Å². The van der Waals surface area contributed by atoms with Crippen molar-refractivity contribution in [3.05, 3.63) is 71.9 Å². The Hall–Kier alpha value is -3.06. The molecular formula is C23H25FN4O2. The molecule has 2 aromatic carbocycles. The van der Waals surface area contributed by atoms with Gasteiger partial charge in [0.15, 0.2) is 0 Å². The van der Waals surface area contributed by atoms with E-state index in [2.05, 4.69) is 32.5 Å². The van der Waals surface area contributed by atoms with Crippen LogP contribution in [0, 0.1) is 5.82 Å². The summed E-state index contributed by atoms with van der Waals surface area (Å²) in [6.07, 6.45) is 3.03. The molecule has 0 spiro atoms. The number of rotatable bonds is 8. The summed E-state index contributed by atoms with van der Waals surface area (Å²) in [6.45, 7) is 2.70. The summed E-state index contributed by atoms with van der Waals surface area (Å²) >= 11 is 0. The van der Waals surface area contributed by atoms with Gasteiger partial charge in [0.1, 0.15) is 5.82 Å². The highest BCUT2D eigenvalue weighted by molar-refractivity contribution is 5.76. The SMILES string of the molecule is O=C(CCc1nc(-c2ccc(F)cc2)no1)NC[C@@H](c1ccccc1)N1CCCC1. The second-order valence-corrected chi connectivity index (χ2v) is 7.49. The highest BCUT2D eigenvalue weighted by Gasteiger charge is 2.23. The van der Waals surface area contributed by atoms with Crippen molar-refractivity contribution in [1.29, 1.82) is 0 Å². The third-order valence-corrected chi connectivity index (χ3v) is 5.39. The Kier molecular flexibility index (Phi) is 6.49. The first-order valence-corrected chi connectivity index (χ1v) is 10.3. The Morgan fingerprint density at radius 1 is 1.10 bits per heavy atom. The first-order valence-electron chi connectivity index (χ1n) is 10.3. The van der Waals surface area contributed by atoms with Crippen LogP contribution in [0.2, 0.25) is 0 Å². The summed E-state index contributed by atoms with van der Waals surface area (Å²) in [5.74, 6) is 0.422. The van der Waals surface area contributed by atoms with E-state index in [9.17, 15) is 9.18 Å². The normalized spacial score (nSPS) is 15.2. The molecule has 0 saturated carbocycles. The van der Waals surface area contributed by atoms with Crippen LogP contribution in [0.25, 0.3) is 11.4 Å². The van der Waals surface area contributed by atoms with E-state index in [1.54, 1.807) is 12.1 Å². The lowest BCUT2D eigenvalue weighted by molar-refractivity contribution is -0.121. The Balaban J connectivity index is 1.30. The van der Waals surface area contributed by atoms with Gasteiger partial charge in [-0.25, -0.2) is 4.39 Å². The van der Waals surface area contributed by atoms with Crippen molar-refractivity contribution in [3.63, 3.8) is 0 Å². The number of nitrogens with one attached hydrogen (secondary N) is 1. The minimum Gasteiger partial charge on any atom is -0.354 e. The molecule has 30 heavy (non-hydrogen) atoms. The number of amides is 1. The number of hydrogen-bond donors (Lipinski definition) is 1. The molecule has 4 rings (SSSR count). The molecule has 1 saturated heterocycles. The van der Waals surface area contributed by atoms with Gasteiger partial charge in [0.25, 0.3) is 0 Å². The van der Waals surface area contributed by atoms with Gasteiger partial charge >= 0.3 is 0 Å². The van der Waals surface area contributed by atoms with Gasteiger partial charge in [-0.3, -0.25) is 9.69 Å². The average Bonchev–Trinajstić information content (AvgIpc) is 3.46. The number of halogens is 1. The van der Waals surface area contributed by atoms with Crippen molar-refractivity contribution in [3.8, 4) is 11.4 Å². The summed E-state index contributed by atoms with van der Waals surface area (Å²) in [7, 11) is 0. The molecule has 1 N–H and O–H groups in total. The quantitative estimate of drug-likeness (QED) is 0.615. The third kappa shape index (κ3) is 5.10. The van der Waals surface area contributed by atoms with Gasteiger partial charge in [-0.1, -0.05) is 35.5 Å². The maximum absolute atomic E-state index is 13.0. The molecule has 6 nitrogen and oxygen atoms in total. The molecule has 1 aromatic heterocycles. The van der Waals surface area contributed by atoms with E-state index in [1.165, 1.54) is 30.5 Å². The second-order valence-electron chi connectivity index (χ2n) is 7.49. The monoisotopic (exact) mass is 408 g/mol. The van der Waals surface area contributed by atoms with Crippen LogP contribution in [0.15, 0.2) is 59.1 Å². The van der Waals surface area contributed by atoms with Crippen LogP contribution >= 0.6 is 0 Å². The summed E-state index contributed by atoms with van der Waals surface area (Å²) in [5, 5.41) is 6.97. The van der Waals surface area contributed by atoms with E-state index in [-0.39, 0.29) is 24.2 Å². The zero-order valence-corrected chi connectivity index (χ0v) is 16.8. The Labute approximate surface area is 175 Å². The Morgan fingerprint density at radius 3 is 2.57 bits per heavy atom. The van der Waals surface area contributed by atoms with Gasteiger partial charge in [-0.05, 0) is 55.8 Å². The number of nitrogens with zero attached hydrogens (tertiary/aromatic N) is 3. The molecule has 2 heterocycles. The average molecular weight is 408 g/mol. The molecule has 0 bridgehead atoms. The lowest BCUT2D eigenvalue weighted by atomic mass is 10.1. The first kappa shape index (κ1) is 20.2. The molecule has 1 aliphatic rings. The van der Waals surface area contributed by atoms with E-state index in [4.69, 9.17) is 4.52 Å². The van der Waals surface area contributed by atoms with Gasteiger partial charge < -0.3 is 9.84 Å². The smallest absolute Gasteiger partial charge is 0.227 e. The van der Waals surface area contributed by atoms with Crippen LogP contribution in [-0.2, 0) is 11.2 Å². The molecule has 3 aromatic rings. The number of benzene rings is 2. The molecule has 1 atom stereocenters. The van der Waals surface area contributed by atoms with Crippen LogP contribution in [0.5, 0.6) is 0 Å². The van der Waals surface area contributed by atoms with E-state index in [0.29, 0.717) is 30.2 Å². The van der Waals surface area contributed by atoms with Crippen molar-refractivity contribution >= 4 is 5.91 Å². The minimum absolute atomic E-state index is 0.0448. The molecule has 0 aliphatic carbocycles. The van der Waals surface area contributed by atoms with Crippen LogP contribution in [0.3, 0.4) is 0 Å². The number of likely N-dealkylation sites (tertiary alicyclic amines) is 1.